The lowest BCUT2D eigenvalue weighted by Gasteiger charge is -2.07. The molecule has 0 bridgehead atoms. The first kappa shape index (κ1) is 16.0. The number of aromatic nitrogens is 3. The molecule has 0 aliphatic carbocycles. The summed E-state index contributed by atoms with van der Waals surface area (Å²) in [5, 5.41) is 9.89. The van der Waals surface area contributed by atoms with E-state index < -0.39 is 18.0 Å². The highest BCUT2D eigenvalue weighted by Crippen LogP contribution is 2.20. The summed E-state index contributed by atoms with van der Waals surface area (Å²) in [6, 6.07) is -1.17. The topological polar surface area (TPSA) is 126 Å². The van der Waals surface area contributed by atoms with Crippen molar-refractivity contribution in [2.45, 2.75) is 25.4 Å². The lowest BCUT2D eigenvalue weighted by Crippen LogP contribution is -2.31. The van der Waals surface area contributed by atoms with Crippen molar-refractivity contribution in [3.8, 4) is 10.7 Å². The second-order valence-electron chi connectivity index (χ2n) is 5.07. The largest absolute Gasteiger partial charge is 0.350 e. The summed E-state index contributed by atoms with van der Waals surface area (Å²) >= 11 is 1.42. The Bertz CT molecular complexity index is 763. The minimum Gasteiger partial charge on any atom is -0.350 e. The summed E-state index contributed by atoms with van der Waals surface area (Å²) in [4.78, 5) is 46.7. The summed E-state index contributed by atoms with van der Waals surface area (Å²) in [6.45, 7) is 0.290. The van der Waals surface area contributed by atoms with Gasteiger partial charge in [-0.2, -0.15) is 0 Å². The smallest absolute Gasteiger partial charge is 0.322 e. The molecule has 1 fully saturated rings. The quantitative estimate of drug-likeness (QED) is 0.642. The van der Waals surface area contributed by atoms with E-state index in [1.165, 1.54) is 11.3 Å². The molecule has 10 heteroatoms. The Morgan fingerprint density at radius 3 is 2.92 bits per heavy atom. The van der Waals surface area contributed by atoms with Crippen molar-refractivity contribution in [3.05, 3.63) is 29.7 Å². The van der Waals surface area contributed by atoms with Crippen molar-refractivity contribution in [2.24, 2.45) is 0 Å². The average Bonchev–Trinajstić information content (AvgIpc) is 3.18. The van der Waals surface area contributed by atoms with Crippen LogP contribution in [0.1, 0.15) is 18.5 Å². The van der Waals surface area contributed by atoms with Crippen LogP contribution in [0, 0.1) is 0 Å². The van der Waals surface area contributed by atoms with Crippen molar-refractivity contribution in [2.75, 3.05) is 0 Å². The van der Waals surface area contributed by atoms with Gasteiger partial charge in [0.1, 0.15) is 16.7 Å². The van der Waals surface area contributed by atoms with Gasteiger partial charge in [-0.05, 0) is 6.42 Å². The van der Waals surface area contributed by atoms with Crippen molar-refractivity contribution in [1.82, 2.24) is 30.9 Å². The second-order valence-corrected chi connectivity index (χ2v) is 5.92. The Morgan fingerprint density at radius 2 is 2.21 bits per heavy atom. The molecule has 4 amide bonds. The van der Waals surface area contributed by atoms with Gasteiger partial charge in [-0.3, -0.25) is 24.9 Å². The number of hydrogen-bond acceptors (Lipinski definition) is 7. The summed E-state index contributed by atoms with van der Waals surface area (Å²) in [7, 11) is 0. The Balaban J connectivity index is 1.46. The fraction of sp³-hybridized carbons (Fsp3) is 0.286. The van der Waals surface area contributed by atoms with Gasteiger partial charge in [0.2, 0.25) is 5.91 Å². The summed E-state index contributed by atoms with van der Waals surface area (Å²) in [5.74, 6) is -0.612. The molecule has 9 nitrogen and oxygen atoms in total. The molecule has 0 aromatic carbocycles. The summed E-state index contributed by atoms with van der Waals surface area (Å²) in [6.07, 6.45) is 5.20. The SMILES string of the molecule is O=C(CCC1NC(=O)NC1=O)NCc1csc(-c2cnccn2)n1. The highest BCUT2D eigenvalue weighted by Gasteiger charge is 2.29. The molecule has 3 N–H and O–H groups in total. The third-order valence-electron chi connectivity index (χ3n) is 3.32. The third kappa shape index (κ3) is 3.90. The monoisotopic (exact) mass is 346 g/mol. The predicted molar refractivity (Wildman–Crippen MR) is 84.7 cm³/mol. The molecule has 1 aliphatic rings. The lowest BCUT2D eigenvalue weighted by atomic mass is 10.1. The number of amides is 4. The van der Waals surface area contributed by atoms with E-state index in [-0.39, 0.29) is 18.7 Å². The first-order chi connectivity index (χ1) is 11.6. The van der Waals surface area contributed by atoms with Gasteiger partial charge in [0.15, 0.2) is 0 Å². The van der Waals surface area contributed by atoms with E-state index in [4.69, 9.17) is 0 Å². The number of rotatable bonds is 6. The van der Waals surface area contributed by atoms with E-state index in [0.29, 0.717) is 12.2 Å². The van der Waals surface area contributed by atoms with E-state index >= 15 is 0 Å². The fourth-order valence-corrected chi connectivity index (χ4v) is 2.91. The zero-order valence-corrected chi connectivity index (χ0v) is 13.3. The standard InChI is InChI=1S/C14H14N6O3S/c21-11(2-1-9-12(22)20-14(23)19-9)17-5-8-7-24-13(18-8)10-6-15-3-4-16-10/h3-4,6-7,9H,1-2,5H2,(H,17,21)(H2,19,20,22,23). The van der Waals surface area contributed by atoms with Gasteiger partial charge in [0, 0.05) is 24.2 Å². The van der Waals surface area contributed by atoms with Gasteiger partial charge in [-0.15, -0.1) is 11.3 Å². The molecule has 2 aromatic rings. The van der Waals surface area contributed by atoms with Crippen LogP contribution in [-0.4, -0.2) is 38.8 Å². The van der Waals surface area contributed by atoms with Crippen LogP contribution in [0.5, 0.6) is 0 Å². The molecule has 124 valence electrons. The molecule has 1 saturated heterocycles. The minimum atomic E-state index is -0.647. The number of nitrogens with one attached hydrogen (secondary N) is 3. The molecule has 2 aromatic heterocycles. The molecular formula is C14H14N6O3S. The molecular weight excluding hydrogens is 332 g/mol. The molecule has 0 radical (unpaired) electrons. The molecule has 0 saturated carbocycles. The van der Waals surface area contributed by atoms with Crippen LogP contribution in [0.2, 0.25) is 0 Å². The van der Waals surface area contributed by atoms with Crippen molar-refractivity contribution in [1.29, 1.82) is 0 Å². The van der Waals surface area contributed by atoms with Crippen molar-refractivity contribution < 1.29 is 14.4 Å². The first-order valence-corrected chi connectivity index (χ1v) is 8.08. The maximum absolute atomic E-state index is 11.8. The molecule has 1 aliphatic heterocycles. The Kier molecular flexibility index (Phi) is 4.75. The number of hydrogen-bond donors (Lipinski definition) is 3. The molecule has 24 heavy (non-hydrogen) atoms. The zero-order valence-electron chi connectivity index (χ0n) is 12.5. The molecule has 3 rings (SSSR count). The summed E-state index contributed by atoms with van der Waals surface area (Å²) < 4.78 is 0. The lowest BCUT2D eigenvalue weighted by molar-refractivity contribution is -0.122. The molecule has 0 spiro atoms. The number of nitrogens with zero attached hydrogens (tertiary/aromatic N) is 3. The third-order valence-corrected chi connectivity index (χ3v) is 4.23. The highest BCUT2D eigenvalue weighted by atomic mass is 32.1. The Hall–Kier alpha value is -2.88. The number of carbonyl (C=O) groups is 3. The van der Waals surface area contributed by atoms with Gasteiger partial charge in [-0.1, -0.05) is 0 Å². The van der Waals surface area contributed by atoms with E-state index in [9.17, 15) is 14.4 Å². The maximum Gasteiger partial charge on any atom is 0.322 e. The van der Waals surface area contributed by atoms with Crippen LogP contribution in [-0.2, 0) is 16.1 Å². The fourth-order valence-electron chi connectivity index (χ4n) is 2.13. The van der Waals surface area contributed by atoms with Crippen LogP contribution in [0.3, 0.4) is 0 Å². The number of imide groups is 1. The Labute approximate surface area is 140 Å². The normalized spacial score (nSPS) is 16.6. The van der Waals surface area contributed by atoms with Crippen molar-refractivity contribution >= 4 is 29.2 Å². The van der Waals surface area contributed by atoms with Gasteiger partial charge in [-0.25, -0.2) is 9.78 Å². The summed E-state index contributed by atoms with van der Waals surface area (Å²) in [5.41, 5.74) is 1.41. The minimum absolute atomic E-state index is 0.138. The average molecular weight is 346 g/mol. The molecule has 1 atom stereocenters. The van der Waals surface area contributed by atoms with Gasteiger partial charge in [0.25, 0.3) is 5.91 Å². The first-order valence-electron chi connectivity index (χ1n) is 7.20. The number of carbonyl (C=O) groups excluding carboxylic acids is 3. The maximum atomic E-state index is 11.8. The van der Waals surface area contributed by atoms with Crippen LogP contribution in [0.25, 0.3) is 10.7 Å². The van der Waals surface area contributed by atoms with E-state index in [1.807, 2.05) is 5.38 Å². The second kappa shape index (κ2) is 7.13. The van der Waals surface area contributed by atoms with Crippen LogP contribution < -0.4 is 16.0 Å². The van der Waals surface area contributed by atoms with Crippen molar-refractivity contribution in [3.63, 3.8) is 0 Å². The molecule has 1 unspecified atom stereocenters. The highest BCUT2D eigenvalue weighted by molar-refractivity contribution is 7.13. The predicted octanol–water partition coefficient (Wildman–Crippen LogP) is 0.204. The van der Waals surface area contributed by atoms with E-state index in [0.717, 1.165) is 10.7 Å². The zero-order chi connectivity index (χ0) is 16.9. The van der Waals surface area contributed by atoms with Gasteiger partial charge >= 0.3 is 6.03 Å². The van der Waals surface area contributed by atoms with E-state index in [2.05, 4.69) is 30.9 Å². The van der Waals surface area contributed by atoms with Gasteiger partial charge < -0.3 is 10.6 Å². The van der Waals surface area contributed by atoms with Crippen LogP contribution in [0.4, 0.5) is 4.79 Å². The molecule has 3 heterocycles. The Morgan fingerprint density at radius 1 is 1.33 bits per heavy atom. The van der Waals surface area contributed by atoms with Crippen LogP contribution >= 0.6 is 11.3 Å². The van der Waals surface area contributed by atoms with Crippen LogP contribution in [0.15, 0.2) is 24.0 Å². The number of thiazole rings is 1. The van der Waals surface area contributed by atoms with E-state index in [1.54, 1.807) is 18.6 Å². The number of urea groups is 1. The van der Waals surface area contributed by atoms with Gasteiger partial charge in [0.05, 0.1) is 18.4 Å².